The van der Waals surface area contributed by atoms with E-state index in [9.17, 15) is 8.78 Å². The number of halogens is 3. The van der Waals surface area contributed by atoms with E-state index in [1.807, 2.05) is 25.1 Å². The van der Waals surface area contributed by atoms with Crippen LogP contribution in [0.5, 0.6) is 0 Å². The van der Waals surface area contributed by atoms with Gasteiger partial charge >= 0.3 is 0 Å². The summed E-state index contributed by atoms with van der Waals surface area (Å²) in [5.74, 6) is 0. The molecule has 0 amide bonds. The van der Waals surface area contributed by atoms with E-state index in [0.717, 1.165) is 15.6 Å². The van der Waals surface area contributed by atoms with Gasteiger partial charge in [0.25, 0.3) is 6.43 Å². The molecule has 1 aromatic carbocycles. The molecule has 1 rings (SSSR count). The Hall–Kier alpha value is -0.480. The Balaban J connectivity index is 2.53. The normalized spacial score (nSPS) is 10.9. The molecule has 0 unspecified atom stereocenters. The van der Waals surface area contributed by atoms with Crippen molar-refractivity contribution in [2.75, 3.05) is 6.54 Å². The molecule has 78 valence electrons. The second-order valence-electron chi connectivity index (χ2n) is 3.12. The highest BCUT2D eigenvalue weighted by Gasteiger charge is 2.03. The van der Waals surface area contributed by atoms with Crippen molar-refractivity contribution in [3.05, 3.63) is 33.8 Å². The molecule has 4 heteroatoms. The fraction of sp³-hybridized carbons (Fsp3) is 0.400. The maximum Gasteiger partial charge on any atom is 0.250 e. The van der Waals surface area contributed by atoms with Crippen molar-refractivity contribution >= 4 is 15.9 Å². The fourth-order valence-corrected chi connectivity index (χ4v) is 1.54. The lowest BCUT2D eigenvalue weighted by atomic mass is 10.1. The molecule has 0 aliphatic rings. The molecule has 1 N–H and O–H groups in total. The van der Waals surface area contributed by atoms with Crippen molar-refractivity contribution in [1.82, 2.24) is 5.32 Å². The van der Waals surface area contributed by atoms with Crippen LogP contribution in [0.1, 0.15) is 11.1 Å². The number of hydrogen-bond donors (Lipinski definition) is 1. The number of nitrogens with one attached hydrogen (secondary N) is 1. The van der Waals surface area contributed by atoms with Crippen molar-refractivity contribution < 1.29 is 8.78 Å². The minimum atomic E-state index is -2.29. The molecule has 0 radical (unpaired) electrons. The maximum atomic E-state index is 11.8. The van der Waals surface area contributed by atoms with Crippen LogP contribution >= 0.6 is 15.9 Å². The van der Waals surface area contributed by atoms with Crippen LogP contribution in [0.25, 0.3) is 0 Å². The lowest BCUT2D eigenvalue weighted by Gasteiger charge is -2.07. The molecule has 0 aliphatic heterocycles. The van der Waals surface area contributed by atoms with E-state index in [2.05, 4.69) is 21.2 Å². The molecule has 0 saturated carbocycles. The molecule has 0 saturated heterocycles. The Morgan fingerprint density at radius 3 is 2.79 bits per heavy atom. The fourth-order valence-electron chi connectivity index (χ4n) is 1.15. The van der Waals surface area contributed by atoms with E-state index in [-0.39, 0.29) is 6.54 Å². The number of rotatable bonds is 4. The third-order valence-corrected chi connectivity index (χ3v) is 2.59. The Kier molecular flexibility index (Phi) is 4.48. The predicted molar refractivity (Wildman–Crippen MR) is 56.6 cm³/mol. The summed E-state index contributed by atoms with van der Waals surface area (Å²) in [6, 6.07) is 5.87. The van der Waals surface area contributed by atoms with Gasteiger partial charge in [-0.2, -0.15) is 0 Å². The van der Waals surface area contributed by atoms with Crippen molar-refractivity contribution in [1.29, 1.82) is 0 Å². The Morgan fingerprint density at radius 1 is 1.43 bits per heavy atom. The summed E-state index contributed by atoms with van der Waals surface area (Å²) in [5, 5.41) is 2.69. The zero-order chi connectivity index (χ0) is 10.6. The van der Waals surface area contributed by atoms with Gasteiger partial charge in [-0.1, -0.05) is 33.6 Å². The van der Waals surface area contributed by atoms with Gasteiger partial charge in [0.1, 0.15) is 0 Å². The first kappa shape index (κ1) is 11.6. The molecule has 0 heterocycles. The van der Waals surface area contributed by atoms with Crippen LogP contribution in [0.3, 0.4) is 0 Å². The van der Waals surface area contributed by atoms with Crippen LogP contribution in [-0.4, -0.2) is 13.0 Å². The van der Waals surface area contributed by atoms with Gasteiger partial charge in [0.2, 0.25) is 0 Å². The average molecular weight is 264 g/mol. The van der Waals surface area contributed by atoms with E-state index in [1.54, 1.807) is 0 Å². The Labute approximate surface area is 90.6 Å². The average Bonchev–Trinajstić information content (AvgIpc) is 2.10. The third-order valence-electron chi connectivity index (χ3n) is 1.82. The molecule has 0 aliphatic carbocycles. The van der Waals surface area contributed by atoms with Crippen LogP contribution in [0.4, 0.5) is 8.78 Å². The zero-order valence-corrected chi connectivity index (χ0v) is 9.44. The van der Waals surface area contributed by atoms with Gasteiger partial charge in [0.15, 0.2) is 0 Å². The van der Waals surface area contributed by atoms with Crippen molar-refractivity contribution in [3.8, 4) is 0 Å². The first-order valence-electron chi connectivity index (χ1n) is 4.33. The largest absolute Gasteiger partial charge is 0.307 e. The van der Waals surface area contributed by atoms with Gasteiger partial charge in [-0.25, -0.2) is 8.78 Å². The summed E-state index contributed by atoms with van der Waals surface area (Å²) >= 11 is 3.37. The predicted octanol–water partition coefficient (Wildman–Crippen LogP) is 3.11. The molecule has 14 heavy (non-hydrogen) atoms. The van der Waals surface area contributed by atoms with E-state index >= 15 is 0 Å². The lowest BCUT2D eigenvalue weighted by molar-refractivity contribution is 0.145. The molecule has 1 nitrogen and oxygen atoms in total. The van der Waals surface area contributed by atoms with Crippen LogP contribution < -0.4 is 5.32 Å². The second kappa shape index (κ2) is 5.41. The van der Waals surface area contributed by atoms with E-state index < -0.39 is 6.43 Å². The highest BCUT2D eigenvalue weighted by Crippen LogP contribution is 2.17. The molecule has 0 aromatic heterocycles. The number of aryl methyl sites for hydroxylation is 1. The summed E-state index contributed by atoms with van der Waals surface area (Å²) < 4.78 is 24.6. The third kappa shape index (κ3) is 3.72. The van der Waals surface area contributed by atoms with Gasteiger partial charge in [-0.15, -0.1) is 0 Å². The Morgan fingerprint density at radius 2 is 2.14 bits per heavy atom. The van der Waals surface area contributed by atoms with E-state index in [4.69, 9.17) is 0 Å². The van der Waals surface area contributed by atoms with E-state index in [0.29, 0.717) is 6.54 Å². The summed E-state index contributed by atoms with van der Waals surface area (Å²) in [6.45, 7) is 2.18. The minimum absolute atomic E-state index is 0.264. The molecular weight excluding hydrogens is 252 g/mol. The van der Waals surface area contributed by atoms with E-state index in [1.165, 1.54) is 0 Å². The summed E-state index contributed by atoms with van der Waals surface area (Å²) in [6.07, 6.45) is -2.29. The quantitative estimate of drug-likeness (QED) is 0.881. The first-order valence-corrected chi connectivity index (χ1v) is 5.13. The summed E-state index contributed by atoms with van der Waals surface area (Å²) in [5.41, 5.74) is 2.13. The monoisotopic (exact) mass is 263 g/mol. The molecule has 0 atom stereocenters. The highest BCUT2D eigenvalue weighted by molar-refractivity contribution is 9.10. The zero-order valence-electron chi connectivity index (χ0n) is 7.86. The summed E-state index contributed by atoms with van der Waals surface area (Å²) in [7, 11) is 0. The number of benzene rings is 1. The van der Waals surface area contributed by atoms with Gasteiger partial charge < -0.3 is 5.32 Å². The van der Waals surface area contributed by atoms with Crippen LogP contribution in [0.15, 0.2) is 22.7 Å². The van der Waals surface area contributed by atoms with Crippen LogP contribution in [0.2, 0.25) is 0 Å². The van der Waals surface area contributed by atoms with Crippen LogP contribution in [-0.2, 0) is 6.54 Å². The number of hydrogen-bond acceptors (Lipinski definition) is 1. The van der Waals surface area contributed by atoms with Crippen LogP contribution in [0, 0.1) is 6.92 Å². The van der Waals surface area contributed by atoms with Crippen molar-refractivity contribution in [3.63, 3.8) is 0 Å². The SMILES string of the molecule is Cc1ccc(Br)c(CNCC(F)F)c1. The molecule has 0 bridgehead atoms. The standard InChI is InChI=1S/C10H12BrF2N/c1-7-2-3-9(11)8(4-7)5-14-6-10(12)13/h2-4,10,14H,5-6H2,1H3. The maximum absolute atomic E-state index is 11.8. The lowest BCUT2D eigenvalue weighted by Crippen LogP contribution is -2.20. The van der Waals surface area contributed by atoms with Crippen molar-refractivity contribution in [2.45, 2.75) is 19.9 Å². The minimum Gasteiger partial charge on any atom is -0.307 e. The van der Waals surface area contributed by atoms with Gasteiger partial charge in [0, 0.05) is 11.0 Å². The van der Waals surface area contributed by atoms with Gasteiger partial charge in [0.05, 0.1) is 6.54 Å². The highest BCUT2D eigenvalue weighted by atomic mass is 79.9. The Bertz CT molecular complexity index is 302. The molecule has 1 aromatic rings. The second-order valence-corrected chi connectivity index (χ2v) is 3.97. The van der Waals surface area contributed by atoms with Gasteiger partial charge in [-0.05, 0) is 18.6 Å². The first-order chi connectivity index (χ1) is 6.59. The topological polar surface area (TPSA) is 12.0 Å². The van der Waals surface area contributed by atoms with Crippen molar-refractivity contribution in [2.24, 2.45) is 0 Å². The molecule has 0 fully saturated rings. The number of alkyl halides is 2. The molecular formula is C10H12BrF2N. The summed E-state index contributed by atoms with van der Waals surface area (Å²) in [4.78, 5) is 0. The van der Waals surface area contributed by atoms with Gasteiger partial charge in [-0.3, -0.25) is 0 Å². The smallest absolute Gasteiger partial charge is 0.250 e. The molecule has 0 spiro atoms.